The van der Waals surface area contributed by atoms with Gasteiger partial charge < -0.3 is 10.5 Å². The van der Waals surface area contributed by atoms with Crippen molar-refractivity contribution in [3.63, 3.8) is 0 Å². The third-order valence-corrected chi connectivity index (χ3v) is 6.15. The van der Waals surface area contributed by atoms with Crippen LogP contribution in [0.2, 0.25) is 0 Å². The predicted octanol–water partition coefficient (Wildman–Crippen LogP) is 4.47. The summed E-state index contributed by atoms with van der Waals surface area (Å²) in [5.41, 5.74) is 7.88. The Morgan fingerprint density at radius 3 is 2.20 bits per heavy atom. The minimum atomic E-state index is -3.67. The number of carbonyl (C=O) groups is 1. The smallest absolute Gasteiger partial charge is 0.339 e. The van der Waals surface area contributed by atoms with Crippen LogP contribution in [0.3, 0.4) is 0 Å². The Morgan fingerprint density at radius 2 is 1.60 bits per heavy atom. The van der Waals surface area contributed by atoms with Crippen LogP contribution in [0.1, 0.15) is 35.3 Å². The van der Waals surface area contributed by atoms with Gasteiger partial charge in [-0.2, -0.15) is 0 Å². The third kappa shape index (κ3) is 4.80. The van der Waals surface area contributed by atoms with E-state index in [0.29, 0.717) is 16.9 Å². The van der Waals surface area contributed by atoms with Gasteiger partial charge in [-0.05, 0) is 68.3 Å². The van der Waals surface area contributed by atoms with Crippen molar-refractivity contribution in [2.75, 3.05) is 10.5 Å². The molecule has 0 aliphatic rings. The Kier molecular flexibility index (Phi) is 5.85. The quantitative estimate of drug-likeness (QED) is 0.449. The molecule has 0 amide bonds. The fraction of sp³-hybridized carbons (Fsp3) is 0.174. The lowest BCUT2D eigenvalue weighted by molar-refractivity contribution is -0.00311. The van der Waals surface area contributed by atoms with Gasteiger partial charge in [-0.15, -0.1) is 0 Å². The van der Waals surface area contributed by atoms with Gasteiger partial charge in [0, 0.05) is 11.4 Å². The van der Waals surface area contributed by atoms with Crippen molar-refractivity contribution >= 4 is 27.4 Å². The Bertz CT molecular complexity index is 1160. The highest BCUT2D eigenvalue weighted by atomic mass is 32.2. The number of nitrogens with one attached hydrogen (secondary N) is 1. The molecule has 0 bridgehead atoms. The average Bonchev–Trinajstić information content (AvgIpc) is 2.70. The first-order valence-corrected chi connectivity index (χ1v) is 10.8. The van der Waals surface area contributed by atoms with Crippen molar-refractivity contribution in [2.24, 2.45) is 0 Å². The van der Waals surface area contributed by atoms with Crippen LogP contribution in [0.5, 0.6) is 0 Å². The highest BCUT2D eigenvalue weighted by Crippen LogP contribution is 2.28. The van der Waals surface area contributed by atoms with Crippen molar-refractivity contribution in [3.8, 4) is 0 Å². The van der Waals surface area contributed by atoms with Crippen LogP contribution < -0.4 is 10.5 Å². The number of esters is 1. The number of ether oxygens (including phenoxy) is 1. The molecule has 30 heavy (non-hydrogen) atoms. The van der Waals surface area contributed by atoms with Gasteiger partial charge >= 0.3 is 5.97 Å². The van der Waals surface area contributed by atoms with Crippen LogP contribution in [-0.2, 0) is 20.4 Å². The molecule has 0 unspecified atom stereocenters. The molecular weight excluding hydrogens is 400 g/mol. The second-order valence-electron chi connectivity index (χ2n) is 7.47. The maximum absolute atomic E-state index is 12.5. The van der Waals surface area contributed by atoms with E-state index < -0.39 is 21.6 Å². The van der Waals surface area contributed by atoms with Gasteiger partial charge in [-0.3, -0.25) is 4.72 Å². The van der Waals surface area contributed by atoms with Crippen LogP contribution in [0, 0.1) is 6.92 Å². The summed E-state index contributed by atoms with van der Waals surface area (Å²) in [6.07, 6.45) is 0. The lowest BCUT2D eigenvalue weighted by Gasteiger charge is -2.26. The van der Waals surface area contributed by atoms with Gasteiger partial charge in [0.15, 0.2) is 0 Å². The number of nitrogens with two attached hydrogens (primary N) is 1. The Labute approximate surface area is 176 Å². The molecule has 0 saturated heterocycles. The van der Waals surface area contributed by atoms with Crippen molar-refractivity contribution < 1.29 is 17.9 Å². The molecule has 0 aliphatic heterocycles. The minimum absolute atomic E-state index is 0.181. The van der Waals surface area contributed by atoms with Crippen LogP contribution in [0.4, 0.5) is 11.4 Å². The molecule has 3 aromatic rings. The molecule has 0 saturated carbocycles. The molecule has 0 aromatic heterocycles. The summed E-state index contributed by atoms with van der Waals surface area (Å²) < 4.78 is 33.1. The van der Waals surface area contributed by atoms with E-state index in [-0.39, 0.29) is 4.90 Å². The van der Waals surface area contributed by atoms with E-state index in [9.17, 15) is 13.2 Å². The summed E-state index contributed by atoms with van der Waals surface area (Å²) in [6.45, 7) is 5.40. The lowest BCUT2D eigenvalue weighted by Crippen LogP contribution is -2.25. The number of nitrogen functional groups attached to an aromatic ring is 1. The summed E-state index contributed by atoms with van der Waals surface area (Å²) >= 11 is 0. The number of benzene rings is 3. The first-order chi connectivity index (χ1) is 14.1. The zero-order valence-electron chi connectivity index (χ0n) is 17.0. The Balaban J connectivity index is 1.74. The summed E-state index contributed by atoms with van der Waals surface area (Å²) in [5, 5.41) is 0. The molecule has 0 atom stereocenters. The highest BCUT2D eigenvalue weighted by molar-refractivity contribution is 7.92. The molecule has 0 spiro atoms. The number of anilines is 2. The molecule has 0 heterocycles. The normalized spacial score (nSPS) is 11.7. The summed E-state index contributed by atoms with van der Waals surface area (Å²) in [4.78, 5) is 12.7. The molecule has 0 aliphatic carbocycles. The molecule has 3 aromatic carbocycles. The zero-order valence-corrected chi connectivity index (χ0v) is 17.9. The molecule has 3 rings (SSSR count). The summed E-state index contributed by atoms with van der Waals surface area (Å²) in [6, 6.07) is 19.9. The summed E-state index contributed by atoms with van der Waals surface area (Å²) in [7, 11) is -3.67. The maximum atomic E-state index is 12.5. The van der Waals surface area contributed by atoms with Crippen molar-refractivity contribution in [3.05, 3.63) is 89.5 Å². The Morgan fingerprint density at radius 1 is 0.967 bits per heavy atom. The topological polar surface area (TPSA) is 98.5 Å². The van der Waals surface area contributed by atoms with Gasteiger partial charge in [-0.1, -0.05) is 36.4 Å². The number of hydrogen-bond acceptors (Lipinski definition) is 5. The van der Waals surface area contributed by atoms with Crippen LogP contribution in [0.15, 0.2) is 77.7 Å². The molecule has 156 valence electrons. The van der Waals surface area contributed by atoms with Crippen LogP contribution in [-0.4, -0.2) is 14.4 Å². The van der Waals surface area contributed by atoms with Gasteiger partial charge in [0.1, 0.15) is 5.60 Å². The first kappa shape index (κ1) is 21.4. The van der Waals surface area contributed by atoms with E-state index in [1.165, 1.54) is 12.1 Å². The number of sulfonamides is 1. The van der Waals surface area contributed by atoms with Gasteiger partial charge in [-0.25, -0.2) is 13.2 Å². The number of rotatable bonds is 6. The fourth-order valence-corrected chi connectivity index (χ4v) is 3.95. The maximum Gasteiger partial charge on any atom is 0.339 e. The minimum Gasteiger partial charge on any atom is -0.451 e. The van der Waals surface area contributed by atoms with E-state index >= 15 is 0 Å². The lowest BCUT2D eigenvalue weighted by atomic mass is 9.97. The van der Waals surface area contributed by atoms with E-state index in [1.54, 1.807) is 74.5 Å². The summed E-state index contributed by atoms with van der Waals surface area (Å²) in [5.74, 6) is -0.486. The van der Waals surface area contributed by atoms with Crippen LogP contribution in [0.25, 0.3) is 0 Å². The van der Waals surface area contributed by atoms with Gasteiger partial charge in [0.05, 0.1) is 10.5 Å². The highest BCUT2D eigenvalue weighted by Gasteiger charge is 2.26. The number of aryl methyl sites for hydroxylation is 1. The third-order valence-electron chi connectivity index (χ3n) is 4.75. The predicted molar refractivity (Wildman–Crippen MR) is 118 cm³/mol. The zero-order chi connectivity index (χ0) is 21.9. The second kappa shape index (κ2) is 8.20. The fourth-order valence-electron chi connectivity index (χ4n) is 2.87. The SMILES string of the molecule is Cc1ccc(C(=O)OC(C)(C)c2ccc(NS(=O)(=O)c3ccccc3)cc2)cc1N. The molecule has 0 radical (unpaired) electrons. The first-order valence-electron chi connectivity index (χ1n) is 9.36. The Hall–Kier alpha value is -3.32. The monoisotopic (exact) mass is 424 g/mol. The molecular formula is C23H24N2O4S. The molecule has 7 heteroatoms. The number of carbonyl (C=O) groups excluding carboxylic acids is 1. The van der Waals surface area contributed by atoms with Crippen LogP contribution >= 0.6 is 0 Å². The second-order valence-corrected chi connectivity index (χ2v) is 9.15. The van der Waals surface area contributed by atoms with E-state index in [0.717, 1.165) is 11.1 Å². The molecule has 3 N–H and O–H groups in total. The van der Waals surface area contributed by atoms with Crippen molar-refractivity contribution in [1.82, 2.24) is 0 Å². The van der Waals surface area contributed by atoms with Gasteiger partial charge in [0.25, 0.3) is 10.0 Å². The standard InChI is InChI=1S/C23H24N2O4S/c1-16-9-10-17(15-21(16)24)22(26)29-23(2,3)18-11-13-19(14-12-18)25-30(27,28)20-7-5-4-6-8-20/h4-15,25H,24H2,1-3H3. The van der Waals surface area contributed by atoms with Gasteiger partial charge in [0.2, 0.25) is 0 Å². The van der Waals surface area contributed by atoms with E-state index in [4.69, 9.17) is 10.5 Å². The largest absolute Gasteiger partial charge is 0.451 e. The molecule has 0 fully saturated rings. The molecule has 6 nitrogen and oxygen atoms in total. The van der Waals surface area contributed by atoms with Crippen molar-refractivity contribution in [2.45, 2.75) is 31.3 Å². The van der Waals surface area contributed by atoms with E-state index in [2.05, 4.69) is 4.72 Å². The average molecular weight is 425 g/mol. The van der Waals surface area contributed by atoms with Crippen molar-refractivity contribution in [1.29, 1.82) is 0 Å². The van der Waals surface area contributed by atoms with E-state index in [1.807, 2.05) is 6.92 Å². The number of hydrogen-bond donors (Lipinski definition) is 2.